The van der Waals surface area contributed by atoms with Gasteiger partial charge in [-0.1, -0.05) is 12.1 Å². The van der Waals surface area contributed by atoms with Crippen LogP contribution in [0.25, 0.3) is 0 Å². The molecule has 1 atom stereocenters. The van der Waals surface area contributed by atoms with E-state index in [0.29, 0.717) is 18.7 Å². The van der Waals surface area contributed by atoms with Crippen LogP contribution in [-0.2, 0) is 6.54 Å². The van der Waals surface area contributed by atoms with Gasteiger partial charge in [-0.2, -0.15) is 0 Å². The Bertz CT molecular complexity index is 601. The molecule has 0 aliphatic rings. The summed E-state index contributed by atoms with van der Waals surface area (Å²) < 4.78 is 23.3. The summed E-state index contributed by atoms with van der Waals surface area (Å²) >= 11 is 0. The van der Waals surface area contributed by atoms with E-state index in [4.69, 9.17) is 9.47 Å². The molecule has 0 aromatic heterocycles. The minimum absolute atomic E-state index is 0.315. The summed E-state index contributed by atoms with van der Waals surface area (Å²) in [5, 5.41) is 13.2. The van der Waals surface area contributed by atoms with Crippen molar-refractivity contribution in [2.45, 2.75) is 12.6 Å². The van der Waals surface area contributed by atoms with Crippen molar-refractivity contribution in [3.05, 3.63) is 59.4 Å². The number of methoxy groups -OCH3 is 2. The SMILES string of the molecule is COc1ccc(OC)c(CNC[C@H](O)c2ccc(F)cc2)c1. The fourth-order valence-electron chi connectivity index (χ4n) is 2.17. The minimum atomic E-state index is -0.697. The summed E-state index contributed by atoms with van der Waals surface area (Å²) in [4.78, 5) is 0. The normalized spacial score (nSPS) is 12.0. The Morgan fingerprint density at radius 1 is 1.09 bits per heavy atom. The summed E-state index contributed by atoms with van der Waals surface area (Å²) in [5.74, 6) is 1.19. The van der Waals surface area contributed by atoms with E-state index < -0.39 is 6.10 Å². The summed E-state index contributed by atoms with van der Waals surface area (Å²) in [6.45, 7) is 0.880. The molecule has 0 heterocycles. The van der Waals surface area contributed by atoms with Gasteiger partial charge in [-0.3, -0.25) is 0 Å². The van der Waals surface area contributed by atoms with Gasteiger partial charge in [0, 0.05) is 18.7 Å². The van der Waals surface area contributed by atoms with Crippen molar-refractivity contribution in [1.82, 2.24) is 5.32 Å². The Morgan fingerprint density at radius 3 is 2.45 bits per heavy atom. The lowest BCUT2D eigenvalue weighted by molar-refractivity contribution is 0.174. The highest BCUT2D eigenvalue weighted by atomic mass is 19.1. The van der Waals surface area contributed by atoms with Crippen LogP contribution in [0.15, 0.2) is 42.5 Å². The molecule has 4 nitrogen and oxygen atoms in total. The van der Waals surface area contributed by atoms with Gasteiger partial charge >= 0.3 is 0 Å². The van der Waals surface area contributed by atoms with Crippen molar-refractivity contribution >= 4 is 0 Å². The average Bonchev–Trinajstić information content (AvgIpc) is 2.55. The molecule has 118 valence electrons. The molecule has 0 aliphatic heterocycles. The van der Waals surface area contributed by atoms with E-state index in [9.17, 15) is 9.50 Å². The first-order chi connectivity index (χ1) is 10.6. The van der Waals surface area contributed by atoms with Crippen LogP contribution in [0.2, 0.25) is 0 Å². The molecule has 2 rings (SSSR count). The fourth-order valence-corrected chi connectivity index (χ4v) is 2.17. The second kappa shape index (κ2) is 7.77. The van der Waals surface area contributed by atoms with E-state index in [1.165, 1.54) is 12.1 Å². The van der Waals surface area contributed by atoms with Gasteiger partial charge in [0.2, 0.25) is 0 Å². The van der Waals surface area contributed by atoms with Crippen LogP contribution < -0.4 is 14.8 Å². The van der Waals surface area contributed by atoms with Crippen molar-refractivity contribution in [3.63, 3.8) is 0 Å². The fraction of sp³-hybridized carbons (Fsp3) is 0.294. The Balaban J connectivity index is 1.94. The Labute approximate surface area is 129 Å². The van der Waals surface area contributed by atoms with E-state index in [1.54, 1.807) is 26.4 Å². The highest BCUT2D eigenvalue weighted by Crippen LogP contribution is 2.24. The number of halogens is 1. The smallest absolute Gasteiger partial charge is 0.123 e. The van der Waals surface area contributed by atoms with Gasteiger partial charge in [-0.05, 0) is 35.9 Å². The third kappa shape index (κ3) is 4.19. The molecule has 0 aliphatic carbocycles. The zero-order valence-corrected chi connectivity index (χ0v) is 12.7. The zero-order chi connectivity index (χ0) is 15.9. The lowest BCUT2D eigenvalue weighted by Crippen LogP contribution is -2.21. The summed E-state index contributed by atoms with van der Waals surface area (Å²) in [6.07, 6.45) is -0.697. The van der Waals surface area contributed by atoms with Crippen LogP contribution in [0.3, 0.4) is 0 Å². The number of nitrogens with one attached hydrogen (secondary N) is 1. The highest BCUT2D eigenvalue weighted by Gasteiger charge is 2.09. The Hall–Kier alpha value is -2.11. The van der Waals surface area contributed by atoms with E-state index in [0.717, 1.165) is 17.1 Å². The first kappa shape index (κ1) is 16.3. The number of benzene rings is 2. The topological polar surface area (TPSA) is 50.7 Å². The molecule has 0 amide bonds. The molecule has 0 fully saturated rings. The van der Waals surface area contributed by atoms with Crippen LogP contribution in [0.1, 0.15) is 17.2 Å². The maximum atomic E-state index is 12.9. The molecule has 0 saturated heterocycles. The predicted molar refractivity (Wildman–Crippen MR) is 82.6 cm³/mol. The number of aliphatic hydroxyl groups is 1. The van der Waals surface area contributed by atoms with Gasteiger partial charge in [-0.25, -0.2) is 4.39 Å². The third-order valence-electron chi connectivity index (χ3n) is 3.40. The maximum Gasteiger partial charge on any atom is 0.123 e. The number of hydrogen-bond donors (Lipinski definition) is 2. The number of ether oxygens (including phenoxy) is 2. The predicted octanol–water partition coefficient (Wildman–Crippen LogP) is 2.67. The molecule has 22 heavy (non-hydrogen) atoms. The molecular weight excluding hydrogens is 285 g/mol. The summed E-state index contributed by atoms with van der Waals surface area (Å²) in [6, 6.07) is 11.4. The Kier molecular flexibility index (Phi) is 5.75. The molecule has 2 aromatic rings. The second-order valence-electron chi connectivity index (χ2n) is 4.88. The summed E-state index contributed by atoms with van der Waals surface area (Å²) in [5.41, 5.74) is 1.61. The van der Waals surface area contributed by atoms with Crippen LogP contribution in [-0.4, -0.2) is 25.9 Å². The lowest BCUT2D eigenvalue weighted by atomic mass is 10.1. The van der Waals surface area contributed by atoms with Crippen LogP contribution in [0.5, 0.6) is 11.5 Å². The van der Waals surface area contributed by atoms with Gasteiger partial charge in [0.05, 0.1) is 20.3 Å². The minimum Gasteiger partial charge on any atom is -0.497 e. The van der Waals surface area contributed by atoms with Crippen LogP contribution in [0, 0.1) is 5.82 Å². The quantitative estimate of drug-likeness (QED) is 0.826. The second-order valence-corrected chi connectivity index (χ2v) is 4.88. The van der Waals surface area contributed by atoms with E-state index in [2.05, 4.69) is 5.32 Å². The van der Waals surface area contributed by atoms with Crippen molar-refractivity contribution in [3.8, 4) is 11.5 Å². The van der Waals surface area contributed by atoms with E-state index >= 15 is 0 Å². The van der Waals surface area contributed by atoms with Crippen LogP contribution >= 0.6 is 0 Å². The maximum absolute atomic E-state index is 12.9. The van der Waals surface area contributed by atoms with Crippen LogP contribution in [0.4, 0.5) is 4.39 Å². The monoisotopic (exact) mass is 305 g/mol. The number of hydrogen-bond acceptors (Lipinski definition) is 4. The van der Waals surface area contributed by atoms with Gasteiger partial charge in [-0.15, -0.1) is 0 Å². The molecule has 0 bridgehead atoms. The highest BCUT2D eigenvalue weighted by molar-refractivity contribution is 5.40. The lowest BCUT2D eigenvalue weighted by Gasteiger charge is -2.14. The van der Waals surface area contributed by atoms with Gasteiger partial charge in [0.25, 0.3) is 0 Å². The zero-order valence-electron chi connectivity index (χ0n) is 12.7. The Morgan fingerprint density at radius 2 is 1.82 bits per heavy atom. The van der Waals surface area contributed by atoms with Gasteiger partial charge < -0.3 is 19.9 Å². The standard InChI is InChI=1S/C17H20FNO3/c1-21-15-7-8-17(22-2)13(9-15)10-19-11-16(20)12-3-5-14(18)6-4-12/h3-9,16,19-20H,10-11H2,1-2H3/t16-/m0/s1. The van der Waals surface area contributed by atoms with Crippen molar-refractivity contribution < 1.29 is 19.0 Å². The molecule has 2 N–H and O–H groups in total. The van der Waals surface area contributed by atoms with Crippen molar-refractivity contribution in [2.24, 2.45) is 0 Å². The summed E-state index contributed by atoms with van der Waals surface area (Å²) in [7, 11) is 3.22. The molecule has 0 spiro atoms. The third-order valence-corrected chi connectivity index (χ3v) is 3.40. The molecular formula is C17H20FNO3. The van der Waals surface area contributed by atoms with Crippen molar-refractivity contribution in [2.75, 3.05) is 20.8 Å². The average molecular weight is 305 g/mol. The van der Waals surface area contributed by atoms with E-state index in [1.807, 2.05) is 18.2 Å². The molecule has 0 saturated carbocycles. The molecule has 0 radical (unpaired) electrons. The first-order valence-electron chi connectivity index (χ1n) is 6.99. The van der Waals surface area contributed by atoms with Gasteiger partial charge in [0.1, 0.15) is 17.3 Å². The molecule has 5 heteroatoms. The molecule has 2 aromatic carbocycles. The van der Waals surface area contributed by atoms with Crippen molar-refractivity contribution in [1.29, 1.82) is 0 Å². The van der Waals surface area contributed by atoms with Gasteiger partial charge in [0.15, 0.2) is 0 Å². The van der Waals surface area contributed by atoms with E-state index in [-0.39, 0.29) is 5.82 Å². The first-order valence-corrected chi connectivity index (χ1v) is 6.99. The molecule has 0 unspecified atom stereocenters. The number of aliphatic hydroxyl groups excluding tert-OH is 1. The number of rotatable bonds is 7. The largest absolute Gasteiger partial charge is 0.497 e.